The Morgan fingerprint density at radius 1 is 0.923 bits per heavy atom. The molecule has 1 aromatic heterocycles. The minimum absolute atomic E-state index is 0.604. The number of hydrogen-bond acceptors (Lipinski definition) is 2. The standard InChI is InChI=1S/C23H25N3/c1-2-6-17(7-3-1)16-26-14-12-19(13-15-26)22-21-11-10-18-8-4-5-9-20(18)23(21)25-24-22/h1-9,19H,10-16H2,(H,24,25). The number of nitrogens with one attached hydrogen (secondary N) is 1. The first-order chi connectivity index (χ1) is 12.9. The molecule has 1 fully saturated rings. The van der Waals surface area contributed by atoms with Crippen LogP contribution in [0.3, 0.4) is 0 Å². The molecule has 1 aliphatic carbocycles. The summed E-state index contributed by atoms with van der Waals surface area (Å²) in [5.74, 6) is 0.604. The van der Waals surface area contributed by atoms with Gasteiger partial charge >= 0.3 is 0 Å². The fraction of sp³-hybridized carbons (Fsp3) is 0.348. The second-order valence-corrected chi connectivity index (χ2v) is 7.66. The van der Waals surface area contributed by atoms with Crippen molar-refractivity contribution in [1.29, 1.82) is 0 Å². The van der Waals surface area contributed by atoms with E-state index < -0.39 is 0 Å². The molecule has 3 aromatic rings. The predicted molar refractivity (Wildman–Crippen MR) is 105 cm³/mol. The van der Waals surface area contributed by atoms with Crippen molar-refractivity contribution in [2.24, 2.45) is 0 Å². The fourth-order valence-corrected chi connectivity index (χ4v) is 4.64. The van der Waals surface area contributed by atoms with Crippen molar-refractivity contribution < 1.29 is 0 Å². The largest absolute Gasteiger partial charge is 0.299 e. The average molecular weight is 343 g/mol. The van der Waals surface area contributed by atoms with E-state index in [0.717, 1.165) is 32.5 Å². The van der Waals surface area contributed by atoms with Gasteiger partial charge in [0, 0.05) is 23.6 Å². The fourth-order valence-electron chi connectivity index (χ4n) is 4.64. The number of H-pyrrole nitrogens is 1. The van der Waals surface area contributed by atoms with E-state index in [-0.39, 0.29) is 0 Å². The molecule has 0 bridgehead atoms. The van der Waals surface area contributed by atoms with Gasteiger partial charge in [-0.1, -0.05) is 54.6 Å². The SMILES string of the molecule is c1ccc(CN2CCC(c3n[nH]c4c3CCc3ccccc3-4)CC2)cc1. The van der Waals surface area contributed by atoms with E-state index in [4.69, 9.17) is 5.10 Å². The molecule has 2 aliphatic rings. The van der Waals surface area contributed by atoms with Gasteiger partial charge < -0.3 is 0 Å². The summed E-state index contributed by atoms with van der Waals surface area (Å²) in [7, 11) is 0. The maximum atomic E-state index is 4.79. The third kappa shape index (κ3) is 2.86. The van der Waals surface area contributed by atoms with E-state index in [2.05, 4.69) is 64.6 Å². The van der Waals surface area contributed by atoms with Crippen LogP contribution < -0.4 is 0 Å². The van der Waals surface area contributed by atoms with E-state index in [0.29, 0.717) is 5.92 Å². The summed E-state index contributed by atoms with van der Waals surface area (Å²) in [4.78, 5) is 2.58. The Kier molecular flexibility index (Phi) is 4.10. The van der Waals surface area contributed by atoms with Crippen molar-refractivity contribution in [2.45, 2.75) is 38.1 Å². The van der Waals surface area contributed by atoms with Crippen LogP contribution in [0, 0.1) is 0 Å². The molecule has 3 heteroatoms. The zero-order valence-corrected chi connectivity index (χ0v) is 15.1. The number of aromatic nitrogens is 2. The smallest absolute Gasteiger partial charge is 0.0692 e. The van der Waals surface area contributed by atoms with Crippen molar-refractivity contribution in [1.82, 2.24) is 15.1 Å². The number of benzene rings is 2. The van der Waals surface area contributed by atoms with E-state index >= 15 is 0 Å². The molecular formula is C23H25N3. The van der Waals surface area contributed by atoms with E-state index in [1.807, 2.05) is 0 Å². The van der Waals surface area contributed by atoms with Gasteiger partial charge in [-0.25, -0.2) is 0 Å². The molecule has 2 aromatic carbocycles. The number of piperidine rings is 1. The number of fused-ring (bicyclic) bond motifs is 3. The first-order valence-electron chi connectivity index (χ1n) is 9.80. The molecule has 0 unspecified atom stereocenters. The summed E-state index contributed by atoms with van der Waals surface area (Å²) in [5, 5.41) is 8.15. The van der Waals surface area contributed by atoms with Crippen LogP contribution >= 0.6 is 0 Å². The highest BCUT2D eigenvalue weighted by Gasteiger charge is 2.28. The minimum atomic E-state index is 0.604. The van der Waals surface area contributed by atoms with Crippen molar-refractivity contribution >= 4 is 0 Å². The summed E-state index contributed by atoms with van der Waals surface area (Å²) < 4.78 is 0. The van der Waals surface area contributed by atoms with Gasteiger partial charge in [0.15, 0.2) is 0 Å². The molecule has 1 aliphatic heterocycles. The highest BCUT2D eigenvalue weighted by molar-refractivity contribution is 5.70. The van der Waals surface area contributed by atoms with Crippen molar-refractivity contribution in [2.75, 3.05) is 13.1 Å². The van der Waals surface area contributed by atoms with Crippen LogP contribution in [0.15, 0.2) is 54.6 Å². The van der Waals surface area contributed by atoms with Gasteiger partial charge in [-0.3, -0.25) is 10.00 Å². The van der Waals surface area contributed by atoms with Crippen LogP contribution in [0.5, 0.6) is 0 Å². The Morgan fingerprint density at radius 2 is 1.69 bits per heavy atom. The van der Waals surface area contributed by atoms with Gasteiger partial charge in [-0.05, 0) is 49.9 Å². The predicted octanol–water partition coefficient (Wildman–Crippen LogP) is 4.55. The highest BCUT2D eigenvalue weighted by atomic mass is 15.1. The molecule has 1 N–H and O–H groups in total. The molecule has 0 radical (unpaired) electrons. The summed E-state index contributed by atoms with van der Waals surface area (Å²) in [5.41, 5.74) is 8.31. The second kappa shape index (κ2) is 6.73. The van der Waals surface area contributed by atoms with Crippen LogP contribution in [0.2, 0.25) is 0 Å². The van der Waals surface area contributed by atoms with Crippen molar-refractivity contribution in [3.05, 3.63) is 77.0 Å². The normalized spacial score (nSPS) is 17.7. The maximum Gasteiger partial charge on any atom is 0.0692 e. The lowest BCUT2D eigenvalue weighted by Gasteiger charge is -2.32. The van der Waals surface area contributed by atoms with Gasteiger partial charge in [0.2, 0.25) is 0 Å². The number of aromatic amines is 1. The third-order valence-electron chi connectivity index (χ3n) is 6.05. The zero-order chi connectivity index (χ0) is 17.3. The first kappa shape index (κ1) is 15.8. The topological polar surface area (TPSA) is 31.9 Å². The minimum Gasteiger partial charge on any atom is -0.299 e. The summed E-state index contributed by atoms with van der Waals surface area (Å²) >= 11 is 0. The van der Waals surface area contributed by atoms with Crippen LogP contribution in [0.4, 0.5) is 0 Å². The Hall–Kier alpha value is -2.39. The zero-order valence-electron chi connectivity index (χ0n) is 15.1. The summed E-state index contributed by atoms with van der Waals surface area (Å²) in [6.45, 7) is 3.40. The molecule has 0 spiro atoms. The van der Waals surface area contributed by atoms with Gasteiger partial charge in [-0.15, -0.1) is 0 Å². The van der Waals surface area contributed by atoms with Crippen LogP contribution in [-0.2, 0) is 19.4 Å². The Morgan fingerprint density at radius 3 is 2.54 bits per heavy atom. The highest BCUT2D eigenvalue weighted by Crippen LogP contribution is 2.38. The quantitative estimate of drug-likeness (QED) is 0.756. The van der Waals surface area contributed by atoms with Crippen LogP contribution in [0.25, 0.3) is 11.3 Å². The lowest BCUT2D eigenvalue weighted by molar-refractivity contribution is 0.203. The van der Waals surface area contributed by atoms with Crippen LogP contribution in [-0.4, -0.2) is 28.2 Å². The molecule has 3 nitrogen and oxygen atoms in total. The van der Waals surface area contributed by atoms with Gasteiger partial charge in [-0.2, -0.15) is 5.10 Å². The van der Waals surface area contributed by atoms with Crippen LogP contribution in [0.1, 0.15) is 41.1 Å². The molecule has 0 saturated carbocycles. The number of nitrogens with zero attached hydrogens (tertiary/aromatic N) is 2. The Balaban J connectivity index is 1.30. The Labute approximate surface area is 155 Å². The average Bonchev–Trinajstić information content (AvgIpc) is 3.14. The number of aryl methyl sites for hydroxylation is 1. The van der Waals surface area contributed by atoms with Gasteiger partial charge in [0.25, 0.3) is 0 Å². The van der Waals surface area contributed by atoms with E-state index in [1.54, 1.807) is 0 Å². The molecule has 2 heterocycles. The van der Waals surface area contributed by atoms with Crippen molar-refractivity contribution in [3.63, 3.8) is 0 Å². The Bertz CT molecular complexity index is 889. The molecule has 132 valence electrons. The second-order valence-electron chi connectivity index (χ2n) is 7.66. The van der Waals surface area contributed by atoms with Gasteiger partial charge in [0.05, 0.1) is 11.4 Å². The third-order valence-corrected chi connectivity index (χ3v) is 6.05. The molecular weight excluding hydrogens is 318 g/mol. The van der Waals surface area contributed by atoms with Crippen molar-refractivity contribution in [3.8, 4) is 11.3 Å². The summed E-state index contributed by atoms with van der Waals surface area (Å²) in [6, 6.07) is 19.6. The molecule has 26 heavy (non-hydrogen) atoms. The molecule has 1 saturated heterocycles. The number of rotatable bonds is 3. The van der Waals surface area contributed by atoms with E-state index in [9.17, 15) is 0 Å². The first-order valence-corrected chi connectivity index (χ1v) is 9.80. The molecule has 5 rings (SSSR count). The molecule has 0 amide bonds. The lowest BCUT2D eigenvalue weighted by atomic mass is 9.84. The maximum absolute atomic E-state index is 4.79. The number of hydrogen-bond donors (Lipinski definition) is 1. The van der Waals surface area contributed by atoms with E-state index in [1.165, 1.54) is 46.5 Å². The van der Waals surface area contributed by atoms with Gasteiger partial charge in [0.1, 0.15) is 0 Å². The number of likely N-dealkylation sites (tertiary alicyclic amines) is 1. The lowest BCUT2D eigenvalue weighted by Crippen LogP contribution is -2.32. The monoisotopic (exact) mass is 343 g/mol. The summed E-state index contributed by atoms with van der Waals surface area (Å²) in [6.07, 6.45) is 4.70. The molecule has 0 atom stereocenters.